The molecule has 0 fully saturated rings. The van der Waals surface area contributed by atoms with E-state index in [1.54, 1.807) is 37.4 Å². The number of nitrogens with zero attached hydrogens (tertiary/aromatic N) is 1. The second-order valence-electron chi connectivity index (χ2n) is 7.44. The zero-order chi connectivity index (χ0) is 22.4. The minimum absolute atomic E-state index is 0.276. The van der Waals surface area contributed by atoms with Crippen LogP contribution in [0, 0.1) is 13.8 Å². The van der Waals surface area contributed by atoms with E-state index in [0.717, 1.165) is 40.6 Å². The first kappa shape index (κ1) is 22.3. The third-order valence-corrected chi connectivity index (χ3v) is 4.92. The summed E-state index contributed by atoms with van der Waals surface area (Å²) in [6.45, 7) is 8.51. The molecule has 6 heteroatoms. The summed E-state index contributed by atoms with van der Waals surface area (Å²) in [5.41, 5.74) is 5.13. The van der Waals surface area contributed by atoms with Gasteiger partial charge in [0.05, 0.1) is 30.0 Å². The Morgan fingerprint density at radius 1 is 1.00 bits per heavy atom. The molecule has 2 aromatic carbocycles. The maximum absolute atomic E-state index is 12.6. The molecule has 0 spiro atoms. The number of aromatic nitrogens is 1. The van der Waals surface area contributed by atoms with E-state index in [1.807, 2.05) is 26.8 Å². The van der Waals surface area contributed by atoms with Gasteiger partial charge in [0.25, 0.3) is 0 Å². The average Bonchev–Trinajstić information content (AvgIpc) is 2.75. The summed E-state index contributed by atoms with van der Waals surface area (Å²) in [6.07, 6.45) is 3.36. The number of carbonyl (C=O) groups is 2. The van der Waals surface area contributed by atoms with Crippen LogP contribution < -0.4 is 5.32 Å². The van der Waals surface area contributed by atoms with E-state index in [9.17, 15) is 9.59 Å². The van der Waals surface area contributed by atoms with E-state index in [4.69, 9.17) is 9.47 Å². The lowest BCUT2D eigenvalue weighted by Gasteiger charge is -2.16. The van der Waals surface area contributed by atoms with Crippen molar-refractivity contribution in [3.63, 3.8) is 0 Å². The molecule has 0 saturated carbocycles. The summed E-state index contributed by atoms with van der Waals surface area (Å²) >= 11 is 0. The molecule has 0 saturated heterocycles. The van der Waals surface area contributed by atoms with Gasteiger partial charge >= 0.3 is 11.9 Å². The Bertz CT molecular complexity index is 1090. The van der Waals surface area contributed by atoms with Gasteiger partial charge in [-0.2, -0.15) is 0 Å². The minimum Gasteiger partial charge on any atom is -0.462 e. The van der Waals surface area contributed by atoms with E-state index in [1.165, 1.54) is 0 Å². The highest BCUT2D eigenvalue weighted by Gasteiger charge is 2.18. The van der Waals surface area contributed by atoms with E-state index in [2.05, 4.69) is 16.4 Å². The van der Waals surface area contributed by atoms with Gasteiger partial charge in [0.1, 0.15) is 5.56 Å². The Morgan fingerprint density at radius 3 is 2.42 bits per heavy atom. The Morgan fingerprint density at radius 2 is 1.74 bits per heavy atom. The maximum atomic E-state index is 12.6. The molecule has 0 atom stereocenters. The number of aryl methyl sites for hydroxylation is 2. The van der Waals surface area contributed by atoms with Gasteiger partial charge in [-0.3, -0.25) is 4.98 Å². The predicted molar refractivity (Wildman–Crippen MR) is 122 cm³/mol. The molecule has 1 heterocycles. The van der Waals surface area contributed by atoms with Gasteiger partial charge in [-0.25, -0.2) is 9.59 Å². The molecule has 162 valence electrons. The first-order valence-electron chi connectivity index (χ1n) is 10.6. The van der Waals surface area contributed by atoms with Crippen molar-refractivity contribution in [3.8, 4) is 0 Å². The number of esters is 2. The molecule has 6 nitrogen and oxygen atoms in total. The summed E-state index contributed by atoms with van der Waals surface area (Å²) in [5.74, 6) is -0.775. The molecule has 0 radical (unpaired) electrons. The quantitative estimate of drug-likeness (QED) is 0.370. The van der Waals surface area contributed by atoms with Crippen LogP contribution in [0.2, 0.25) is 0 Å². The molecule has 0 amide bonds. The molecule has 3 aromatic rings. The van der Waals surface area contributed by atoms with Crippen molar-refractivity contribution < 1.29 is 19.1 Å². The number of carbonyl (C=O) groups excluding carboxylic acids is 2. The molecule has 0 bridgehead atoms. The van der Waals surface area contributed by atoms with Gasteiger partial charge in [0.2, 0.25) is 0 Å². The smallest absolute Gasteiger partial charge is 0.341 e. The highest BCUT2D eigenvalue weighted by atomic mass is 16.5. The SMILES string of the molecule is CCCCOC(=O)c1ccc(Nc2c(C(=O)OCC)cnc3c(C)cc(C)cc23)cc1. The molecule has 1 aromatic heterocycles. The van der Waals surface area contributed by atoms with Gasteiger partial charge in [-0.05, 0) is 63.1 Å². The Kier molecular flexibility index (Phi) is 7.23. The molecule has 0 aliphatic carbocycles. The number of benzene rings is 2. The molecular formula is C25H28N2O4. The molecule has 0 aliphatic heterocycles. The van der Waals surface area contributed by atoms with Crippen LogP contribution in [-0.2, 0) is 9.47 Å². The summed E-state index contributed by atoms with van der Waals surface area (Å²) < 4.78 is 10.5. The van der Waals surface area contributed by atoms with Gasteiger partial charge < -0.3 is 14.8 Å². The third-order valence-electron chi connectivity index (χ3n) is 4.92. The maximum Gasteiger partial charge on any atom is 0.341 e. The van der Waals surface area contributed by atoms with Crippen LogP contribution in [0.1, 0.15) is 58.5 Å². The summed E-state index contributed by atoms with van der Waals surface area (Å²) in [4.78, 5) is 29.2. The number of hydrogen-bond donors (Lipinski definition) is 1. The normalized spacial score (nSPS) is 10.7. The lowest BCUT2D eigenvalue weighted by atomic mass is 10.0. The average molecular weight is 421 g/mol. The van der Waals surface area contributed by atoms with Crippen LogP contribution in [0.3, 0.4) is 0 Å². The van der Waals surface area contributed by atoms with Crippen LogP contribution in [0.15, 0.2) is 42.6 Å². The number of fused-ring (bicyclic) bond motifs is 1. The van der Waals surface area contributed by atoms with Crippen LogP contribution in [-0.4, -0.2) is 30.1 Å². The van der Waals surface area contributed by atoms with Crippen molar-refractivity contribution >= 4 is 34.2 Å². The van der Waals surface area contributed by atoms with Crippen molar-refractivity contribution in [2.24, 2.45) is 0 Å². The van der Waals surface area contributed by atoms with Gasteiger partial charge in [-0.1, -0.05) is 25.0 Å². The molecule has 3 rings (SSSR count). The van der Waals surface area contributed by atoms with Gasteiger partial charge in [-0.15, -0.1) is 0 Å². The predicted octanol–water partition coefficient (Wildman–Crippen LogP) is 5.73. The number of ether oxygens (including phenoxy) is 2. The second kappa shape index (κ2) is 10.1. The number of unbranched alkanes of at least 4 members (excludes halogenated alkanes) is 1. The minimum atomic E-state index is -0.435. The fourth-order valence-electron chi connectivity index (χ4n) is 3.39. The van der Waals surface area contributed by atoms with Crippen LogP contribution in [0.4, 0.5) is 11.4 Å². The van der Waals surface area contributed by atoms with E-state index in [-0.39, 0.29) is 12.6 Å². The van der Waals surface area contributed by atoms with Crippen LogP contribution in [0.25, 0.3) is 10.9 Å². The van der Waals surface area contributed by atoms with Crippen molar-refractivity contribution in [2.45, 2.75) is 40.5 Å². The highest BCUT2D eigenvalue weighted by Crippen LogP contribution is 2.32. The number of hydrogen-bond acceptors (Lipinski definition) is 6. The Labute approximate surface area is 182 Å². The van der Waals surface area contributed by atoms with Gasteiger partial charge in [0.15, 0.2) is 0 Å². The first-order valence-corrected chi connectivity index (χ1v) is 10.6. The summed E-state index contributed by atoms with van der Waals surface area (Å²) in [5, 5.41) is 4.17. The third kappa shape index (κ3) is 5.20. The van der Waals surface area contributed by atoms with Crippen molar-refractivity contribution in [1.29, 1.82) is 0 Å². The fraction of sp³-hybridized carbons (Fsp3) is 0.320. The van der Waals surface area contributed by atoms with E-state index < -0.39 is 5.97 Å². The topological polar surface area (TPSA) is 77.5 Å². The van der Waals surface area contributed by atoms with Crippen LogP contribution >= 0.6 is 0 Å². The standard InChI is InChI=1S/C25H28N2O4/c1-5-7-12-31-24(28)18-8-10-19(11-9-18)27-23-20-14-16(3)13-17(4)22(20)26-15-21(23)25(29)30-6-2/h8-11,13-15H,5-7,12H2,1-4H3,(H,26,27). The molecule has 0 unspecified atom stereocenters. The molecule has 31 heavy (non-hydrogen) atoms. The number of anilines is 2. The van der Waals surface area contributed by atoms with E-state index in [0.29, 0.717) is 23.4 Å². The molecule has 0 aliphatic rings. The zero-order valence-electron chi connectivity index (χ0n) is 18.5. The Balaban J connectivity index is 1.96. The monoisotopic (exact) mass is 420 g/mol. The first-order chi connectivity index (χ1) is 14.9. The van der Waals surface area contributed by atoms with Gasteiger partial charge in [0, 0.05) is 17.3 Å². The van der Waals surface area contributed by atoms with E-state index >= 15 is 0 Å². The van der Waals surface area contributed by atoms with Crippen LogP contribution in [0.5, 0.6) is 0 Å². The highest BCUT2D eigenvalue weighted by molar-refractivity contribution is 6.06. The number of nitrogens with one attached hydrogen (secondary N) is 1. The molecular weight excluding hydrogens is 392 g/mol. The van der Waals surface area contributed by atoms with Crippen molar-refractivity contribution in [1.82, 2.24) is 4.98 Å². The Hall–Kier alpha value is -3.41. The fourth-order valence-corrected chi connectivity index (χ4v) is 3.39. The van der Waals surface area contributed by atoms with Crippen molar-refractivity contribution in [2.75, 3.05) is 18.5 Å². The molecule has 1 N–H and O–H groups in total. The summed E-state index contributed by atoms with van der Waals surface area (Å²) in [7, 11) is 0. The lowest BCUT2D eigenvalue weighted by Crippen LogP contribution is -2.10. The lowest BCUT2D eigenvalue weighted by molar-refractivity contribution is 0.0497. The zero-order valence-corrected chi connectivity index (χ0v) is 18.5. The second-order valence-corrected chi connectivity index (χ2v) is 7.44. The summed E-state index contributed by atoms with van der Waals surface area (Å²) in [6, 6.07) is 11.1. The largest absolute Gasteiger partial charge is 0.462 e. The van der Waals surface area contributed by atoms with Crippen molar-refractivity contribution in [3.05, 3.63) is 64.8 Å². The number of pyridine rings is 1. The number of rotatable bonds is 8.